The van der Waals surface area contributed by atoms with Crippen LogP contribution in [0, 0.1) is 10.4 Å². The molecule has 6 aromatic rings. The molecule has 0 N–H and O–H groups in total. The van der Waals surface area contributed by atoms with Gasteiger partial charge in [0.1, 0.15) is 0 Å². The third-order valence-corrected chi connectivity index (χ3v) is 9.68. The zero-order valence-electron chi connectivity index (χ0n) is 27.1. The van der Waals surface area contributed by atoms with Crippen molar-refractivity contribution in [2.24, 2.45) is 0 Å². The Morgan fingerprint density at radius 2 is 1.17 bits per heavy atom. The average Bonchev–Trinajstić information content (AvgIpc) is 3.81. The van der Waals surface area contributed by atoms with Crippen molar-refractivity contribution >= 4 is 17.2 Å². The second-order valence-electron chi connectivity index (χ2n) is 12.4. The van der Waals surface area contributed by atoms with Crippen molar-refractivity contribution in [3.63, 3.8) is 0 Å². The van der Waals surface area contributed by atoms with E-state index in [9.17, 15) is 0 Å². The molecular weight excluding hydrogens is 565 g/mol. The van der Waals surface area contributed by atoms with Crippen molar-refractivity contribution in [2.45, 2.75) is 33.1 Å². The highest BCUT2D eigenvalue weighted by Crippen LogP contribution is 2.40. The van der Waals surface area contributed by atoms with Gasteiger partial charge in [-0.1, -0.05) is 166 Å². The maximum atomic E-state index is 4.08. The van der Waals surface area contributed by atoms with E-state index in [0.29, 0.717) is 0 Å². The summed E-state index contributed by atoms with van der Waals surface area (Å²) in [5.74, 6) is 0. The Balaban J connectivity index is 1.72. The molecule has 0 aliphatic heterocycles. The Bertz CT molecular complexity index is 2350. The lowest BCUT2D eigenvalue weighted by molar-refractivity contribution is 1.11. The molecule has 0 atom stereocenters. The molecule has 0 amide bonds. The van der Waals surface area contributed by atoms with E-state index in [1.165, 1.54) is 87.7 Å². The van der Waals surface area contributed by atoms with Crippen molar-refractivity contribution in [3.05, 3.63) is 206 Å². The first-order valence-electron chi connectivity index (χ1n) is 16.9. The normalized spacial score (nSPS) is 12.8. The van der Waals surface area contributed by atoms with Gasteiger partial charge in [0.05, 0.1) is 0 Å². The first kappa shape index (κ1) is 29.0. The van der Waals surface area contributed by atoms with Gasteiger partial charge in [0.2, 0.25) is 0 Å². The molecule has 0 nitrogen and oxygen atoms in total. The second kappa shape index (κ2) is 12.4. The maximum Gasteiger partial charge on any atom is -0.000128 e. The zero-order valence-corrected chi connectivity index (χ0v) is 27.1. The predicted molar refractivity (Wildman–Crippen MR) is 198 cm³/mol. The van der Waals surface area contributed by atoms with Crippen LogP contribution in [0.4, 0.5) is 0 Å². The summed E-state index contributed by atoms with van der Waals surface area (Å²) in [5, 5.41) is 5.09. The molecule has 2 aliphatic carbocycles. The number of fused-ring (bicyclic) bond motifs is 2. The van der Waals surface area contributed by atoms with Gasteiger partial charge in [-0.05, 0) is 113 Å². The third-order valence-electron chi connectivity index (χ3n) is 9.68. The Hall–Kier alpha value is -5.46. The van der Waals surface area contributed by atoms with Gasteiger partial charge in [-0.3, -0.25) is 0 Å². The lowest BCUT2D eigenvalue weighted by Crippen LogP contribution is -2.18. The van der Waals surface area contributed by atoms with Crippen molar-refractivity contribution in [2.75, 3.05) is 0 Å². The quantitative estimate of drug-likeness (QED) is 0.171. The topological polar surface area (TPSA) is 0 Å². The monoisotopic (exact) mass is 601 g/mol. The zero-order chi connectivity index (χ0) is 31.7. The van der Waals surface area contributed by atoms with E-state index in [1.54, 1.807) is 0 Å². The van der Waals surface area contributed by atoms with Gasteiger partial charge in [0.25, 0.3) is 0 Å². The molecule has 0 unspecified atom stereocenters. The summed E-state index contributed by atoms with van der Waals surface area (Å²) < 4.78 is 0. The van der Waals surface area contributed by atoms with E-state index >= 15 is 0 Å². The standard InChI is InChI=1S/C47H37/c1-3-32-29-38-31-41-43(35-27-17-18-28-35)39(4-2)44(36-23-13-7-14-24-36)46(37-25-15-8-16-26-37)47(41)45(38)40(30-32)42(33-19-9-5-10-20-33)34-21-11-6-12-22-34/h5-27,29-30H,3-4,28H2,1-2H3. The molecule has 0 fully saturated rings. The molecule has 0 aromatic heterocycles. The predicted octanol–water partition coefficient (Wildman–Crippen LogP) is 10.0. The van der Waals surface area contributed by atoms with Crippen LogP contribution in [0.25, 0.3) is 39.5 Å². The molecular formula is C47H37. The van der Waals surface area contributed by atoms with Crippen molar-refractivity contribution in [1.82, 2.24) is 0 Å². The number of hydrogen-bond acceptors (Lipinski definition) is 0. The fraction of sp³-hybridized carbons (Fsp3) is 0.106. The summed E-state index contributed by atoms with van der Waals surface area (Å²) in [5.41, 5.74) is 15.5. The van der Waals surface area contributed by atoms with Crippen LogP contribution in [-0.2, 0) is 12.8 Å². The molecule has 6 aromatic carbocycles. The van der Waals surface area contributed by atoms with Gasteiger partial charge in [-0.15, -0.1) is 0 Å². The Labute approximate surface area is 277 Å². The average molecular weight is 602 g/mol. The smallest absolute Gasteiger partial charge is 0.000128 e. The first-order chi connectivity index (χ1) is 23.3. The number of hydrogen-bond donors (Lipinski definition) is 0. The van der Waals surface area contributed by atoms with Crippen LogP contribution in [0.15, 0.2) is 152 Å². The summed E-state index contributed by atoms with van der Waals surface area (Å²) in [7, 11) is 0. The Morgan fingerprint density at radius 3 is 1.70 bits per heavy atom. The minimum absolute atomic E-state index is 0.931. The van der Waals surface area contributed by atoms with E-state index in [2.05, 4.69) is 172 Å². The molecule has 0 heteroatoms. The summed E-state index contributed by atoms with van der Waals surface area (Å²) in [6.45, 7) is 4.58. The number of aryl methyl sites for hydroxylation is 1. The fourth-order valence-corrected chi connectivity index (χ4v) is 7.63. The Kier molecular flexibility index (Phi) is 7.63. The molecule has 0 spiro atoms. The van der Waals surface area contributed by atoms with E-state index in [0.717, 1.165) is 19.3 Å². The molecule has 1 radical (unpaired) electrons. The fourth-order valence-electron chi connectivity index (χ4n) is 7.63. The number of allylic oxidation sites excluding steroid dienone is 4. The van der Waals surface area contributed by atoms with Crippen molar-refractivity contribution in [3.8, 4) is 22.3 Å². The van der Waals surface area contributed by atoms with Crippen LogP contribution in [0.3, 0.4) is 0 Å². The molecule has 0 saturated heterocycles. The summed E-state index contributed by atoms with van der Waals surface area (Å²) in [4.78, 5) is 0. The summed E-state index contributed by atoms with van der Waals surface area (Å²) in [6.07, 6.45) is 13.7. The van der Waals surface area contributed by atoms with Crippen molar-refractivity contribution < 1.29 is 0 Å². The van der Waals surface area contributed by atoms with Crippen molar-refractivity contribution in [1.29, 1.82) is 0 Å². The minimum Gasteiger partial charge on any atom is -0.0801 e. The lowest BCUT2D eigenvalue weighted by Gasteiger charge is -2.21. The summed E-state index contributed by atoms with van der Waals surface area (Å²) in [6, 6.07) is 48.8. The highest BCUT2D eigenvalue weighted by molar-refractivity contribution is 5.93. The highest BCUT2D eigenvalue weighted by Gasteiger charge is 2.25. The van der Waals surface area contributed by atoms with Crippen LogP contribution in [0.2, 0.25) is 0 Å². The van der Waals surface area contributed by atoms with Gasteiger partial charge in [-0.2, -0.15) is 0 Å². The van der Waals surface area contributed by atoms with Crippen LogP contribution in [-0.4, -0.2) is 0 Å². The number of rotatable bonds is 7. The van der Waals surface area contributed by atoms with Gasteiger partial charge < -0.3 is 0 Å². The molecule has 8 rings (SSSR count). The minimum atomic E-state index is 0.931. The molecule has 0 bridgehead atoms. The van der Waals surface area contributed by atoms with E-state index in [4.69, 9.17) is 0 Å². The van der Waals surface area contributed by atoms with E-state index in [1.807, 2.05) is 0 Å². The van der Waals surface area contributed by atoms with Gasteiger partial charge in [0, 0.05) is 0 Å². The first-order valence-corrected chi connectivity index (χ1v) is 16.9. The third kappa shape index (κ3) is 5.02. The number of benzene rings is 6. The van der Waals surface area contributed by atoms with Gasteiger partial charge in [-0.25, -0.2) is 0 Å². The van der Waals surface area contributed by atoms with Crippen LogP contribution in [0.5, 0.6) is 0 Å². The van der Waals surface area contributed by atoms with Gasteiger partial charge >= 0.3 is 0 Å². The maximum absolute atomic E-state index is 4.08. The molecule has 2 aliphatic rings. The highest BCUT2D eigenvalue weighted by atomic mass is 14.3. The SMILES string of the molecule is CCc1cc2c(c(=C(c3ccccc3)c3ccccc3)c1)=c1c(-c3ccccc3)c(-c3ccccc3)c(CC)c(C3=CC=CC3)c1=[C]2. The van der Waals surface area contributed by atoms with E-state index in [-0.39, 0.29) is 0 Å². The lowest BCUT2D eigenvalue weighted by atomic mass is 9.81. The molecule has 47 heavy (non-hydrogen) atoms. The Morgan fingerprint density at radius 1 is 0.596 bits per heavy atom. The largest absolute Gasteiger partial charge is 0.0801 e. The van der Waals surface area contributed by atoms with Crippen LogP contribution < -0.4 is 10.4 Å². The molecule has 225 valence electrons. The van der Waals surface area contributed by atoms with Gasteiger partial charge in [0.15, 0.2) is 0 Å². The molecule has 0 saturated carbocycles. The second-order valence-corrected chi connectivity index (χ2v) is 12.4. The van der Waals surface area contributed by atoms with Crippen LogP contribution in [0.1, 0.15) is 53.6 Å². The summed E-state index contributed by atoms with van der Waals surface area (Å²) >= 11 is 0. The van der Waals surface area contributed by atoms with Crippen LogP contribution >= 0.6 is 0 Å². The molecule has 0 heterocycles. The van der Waals surface area contributed by atoms with E-state index < -0.39 is 0 Å².